The van der Waals surface area contributed by atoms with E-state index in [9.17, 15) is 9.59 Å². The molecule has 26 heavy (non-hydrogen) atoms. The molecule has 1 spiro atoms. The first-order valence-corrected chi connectivity index (χ1v) is 9.56. The zero-order valence-corrected chi connectivity index (χ0v) is 16.2. The second-order valence-electron chi connectivity index (χ2n) is 8.70. The van der Waals surface area contributed by atoms with Gasteiger partial charge in [0.2, 0.25) is 5.91 Å². The largest absolute Gasteiger partial charge is 0.444 e. The molecule has 0 saturated carbocycles. The van der Waals surface area contributed by atoms with Crippen molar-refractivity contribution in [2.75, 3.05) is 19.6 Å². The van der Waals surface area contributed by atoms with Crippen LogP contribution in [0.5, 0.6) is 0 Å². The molecule has 0 N–H and O–H groups in total. The maximum atomic E-state index is 12.7. The molecule has 0 atom stereocenters. The summed E-state index contributed by atoms with van der Waals surface area (Å²) in [6, 6.07) is 10.2. The number of rotatable bonds is 2. The summed E-state index contributed by atoms with van der Waals surface area (Å²) < 4.78 is 5.47. The van der Waals surface area contributed by atoms with Crippen LogP contribution < -0.4 is 0 Å². The third-order valence-electron chi connectivity index (χ3n) is 5.48. The molecule has 5 heteroatoms. The highest BCUT2D eigenvalue weighted by Gasteiger charge is 2.42. The Morgan fingerprint density at radius 2 is 1.69 bits per heavy atom. The van der Waals surface area contributed by atoms with Crippen LogP contribution in [-0.2, 0) is 16.1 Å². The van der Waals surface area contributed by atoms with Crippen molar-refractivity contribution in [3.63, 3.8) is 0 Å². The molecule has 0 unspecified atom stereocenters. The molecule has 142 valence electrons. The second kappa shape index (κ2) is 7.29. The predicted molar refractivity (Wildman–Crippen MR) is 101 cm³/mol. The van der Waals surface area contributed by atoms with Gasteiger partial charge in [-0.05, 0) is 51.0 Å². The summed E-state index contributed by atoms with van der Waals surface area (Å²) in [4.78, 5) is 28.7. The Kier molecular flexibility index (Phi) is 5.26. The number of ether oxygens (including phenoxy) is 1. The Labute approximate surface area is 156 Å². The van der Waals surface area contributed by atoms with Crippen LogP contribution >= 0.6 is 0 Å². The van der Waals surface area contributed by atoms with Gasteiger partial charge in [-0.15, -0.1) is 0 Å². The minimum absolute atomic E-state index is 0.0583. The Balaban J connectivity index is 1.53. The van der Waals surface area contributed by atoms with Crippen LogP contribution in [0.4, 0.5) is 4.79 Å². The summed E-state index contributed by atoms with van der Waals surface area (Å²) in [5.41, 5.74) is 0.768. The van der Waals surface area contributed by atoms with Crippen LogP contribution in [0.15, 0.2) is 30.3 Å². The van der Waals surface area contributed by atoms with Crippen LogP contribution in [0.1, 0.15) is 52.0 Å². The maximum Gasteiger partial charge on any atom is 0.410 e. The van der Waals surface area contributed by atoms with Gasteiger partial charge in [-0.25, -0.2) is 4.79 Å². The predicted octanol–water partition coefficient (Wildman–Crippen LogP) is 3.83. The lowest BCUT2D eigenvalue weighted by molar-refractivity contribution is -0.140. The Morgan fingerprint density at radius 1 is 1.08 bits per heavy atom. The molecule has 0 bridgehead atoms. The molecule has 0 aliphatic carbocycles. The number of hydrogen-bond donors (Lipinski definition) is 0. The lowest BCUT2D eigenvalue weighted by Gasteiger charge is -2.46. The highest BCUT2D eigenvalue weighted by atomic mass is 16.6. The van der Waals surface area contributed by atoms with E-state index >= 15 is 0 Å². The van der Waals surface area contributed by atoms with Crippen molar-refractivity contribution in [1.82, 2.24) is 9.80 Å². The normalized spacial score (nSPS) is 20.3. The zero-order valence-electron chi connectivity index (χ0n) is 16.2. The van der Waals surface area contributed by atoms with Gasteiger partial charge in [0.25, 0.3) is 0 Å². The number of likely N-dealkylation sites (tertiary alicyclic amines) is 2. The summed E-state index contributed by atoms with van der Waals surface area (Å²) in [5.74, 6) is 0.242. The topological polar surface area (TPSA) is 49.9 Å². The van der Waals surface area contributed by atoms with E-state index in [2.05, 4.69) is 12.1 Å². The highest BCUT2D eigenvalue weighted by molar-refractivity contribution is 5.78. The molecule has 0 radical (unpaired) electrons. The lowest BCUT2D eigenvalue weighted by Crippen LogP contribution is -2.50. The quantitative estimate of drug-likeness (QED) is 0.807. The van der Waals surface area contributed by atoms with Gasteiger partial charge >= 0.3 is 6.09 Å². The van der Waals surface area contributed by atoms with Gasteiger partial charge in [0, 0.05) is 32.6 Å². The first kappa shape index (κ1) is 18.7. The molecule has 5 nitrogen and oxygen atoms in total. The molecule has 2 heterocycles. The maximum absolute atomic E-state index is 12.7. The molecule has 1 aromatic carbocycles. The van der Waals surface area contributed by atoms with E-state index in [0.29, 0.717) is 26.1 Å². The van der Waals surface area contributed by atoms with E-state index in [-0.39, 0.29) is 17.4 Å². The van der Waals surface area contributed by atoms with Crippen molar-refractivity contribution in [3.05, 3.63) is 35.9 Å². The number of benzene rings is 1. The molecule has 2 saturated heterocycles. The fraction of sp³-hybridized carbons (Fsp3) is 0.619. The van der Waals surface area contributed by atoms with Gasteiger partial charge in [0.15, 0.2) is 0 Å². The first-order valence-electron chi connectivity index (χ1n) is 9.56. The lowest BCUT2D eigenvalue weighted by atomic mass is 9.71. The van der Waals surface area contributed by atoms with Gasteiger partial charge in [0.05, 0.1) is 0 Å². The monoisotopic (exact) mass is 358 g/mol. The van der Waals surface area contributed by atoms with Crippen molar-refractivity contribution in [2.24, 2.45) is 5.41 Å². The average Bonchev–Trinajstić information content (AvgIpc) is 2.58. The molecule has 2 amide bonds. The number of amides is 2. The average molecular weight is 358 g/mol. The molecule has 1 aromatic rings. The van der Waals surface area contributed by atoms with Crippen LogP contribution in [0.3, 0.4) is 0 Å². The number of carbonyl (C=O) groups is 2. The highest BCUT2D eigenvalue weighted by Crippen LogP contribution is 2.42. The van der Waals surface area contributed by atoms with Crippen molar-refractivity contribution in [3.8, 4) is 0 Å². The Hall–Kier alpha value is -2.04. The van der Waals surface area contributed by atoms with Crippen molar-refractivity contribution in [1.29, 1.82) is 0 Å². The van der Waals surface area contributed by atoms with E-state index < -0.39 is 5.60 Å². The second-order valence-corrected chi connectivity index (χ2v) is 8.70. The Bertz CT molecular complexity index is 643. The minimum atomic E-state index is -0.467. The summed E-state index contributed by atoms with van der Waals surface area (Å²) in [7, 11) is 0. The molecule has 3 rings (SSSR count). The van der Waals surface area contributed by atoms with Gasteiger partial charge < -0.3 is 14.5 Å². The molecule has 0 aromatic heterocycles. The molecule has 2 aliphatic heterocycles. The summed E-state index contributed by atoms with van der Waals surface area (Å²) in [5, 5.41) is 0. The summed E-state index contributed by atoms with van der Waals surface area (Å²) in [6.45, 7) is 8.52. The van der Waals surface area contributed by atoms with Crippen LogP contribution in [0.2, 0.25) is 0 Å². The van der Waals surface area contributed by atoms with Crippen molar-refractivity contribution < 1.29 is 14.3 Å². The summed E-state index contributed by atoms with van der Waals surface area (Å²) >= 11 is 0. The van der Waals surface area contributed by atoms with Gasteiger partial charge in [-0.3, -0.25) is 4.79 Å². The molecular formula is C21H30N2O3. The third kappa shape index (κ3) is 4.57. The van der Waals surface area contributed by atoms with Gasteiger partial charge in [-0.2, -0.15) is 0 Å². The van der Waals surface area contributed by atoms with Gasteiger partial charge in [0.1, 0.15) is 5.60 Å². The number of piperidine rings is 2. The fourth-order valence-corrected chi connectivity index (χ4v) is 3.91. The first-order chi connectivity index (χ1) is 12.3. The standard InChI is InChI=1S/C21H30N2O3/c1-20(2,3)26-19(25)22-12-9-21(10-13-22)11-14-23(18(24)15-21)16-17-7-5-4-6-8-17/h4-8H,9-16H2,1-3H3. The van der Waals surface area contributed by atoms with Gasteiger partial charge in [-0.1, -0.05) is 30.3 Å². The number of hydrogen-bond acceptors (Lipinski definition) is 3. The SMILES string of the molecule is CC(C)(C)OC(=O)N1CCC2(CCN(Cc3ccccc3)C(=O)C2)CC1. The van der Waals surface area contributed by atoms with Crippen molar-refractivity contribution >= 4 is 12.0 Å². The van der Waals surface area contributed by atoms with Crippen molar-refractivity contribution in [2.45, 2.75) is 58.6 Å². The van der Waals surface area contributed by atoms with E-state index in [1.807, 2.05) is 43.9 Å². The third-order valence-corrected chi connectivity index (χ3v) is 5.48. The van der Waals surface area contributed by atoms with Crippen LogP contribution in [-0.4, -0.2) is 47.0 Å². The van der Waals surface area contributed by atoms with E-state index in [4.69, 9.17) is 4.74 Å². The minimum Gasteiger partial charge on any atom is -0.444 e. The molecule has 2 aliphatic rings. The van der Waals surface area contributed by atoms with E-state index in [1.165, 1.54) is 5.56 Å². The van der Waals surface area contributed by atoms with Crippen LogP contribution in [0.25, 0.3) is 0 Å². The van der Waals surface area contributed by atoms with E-state index in [1.54, 1.807) is 4.90 Å². The number of nitrogens with zero attached hydrogens (tertiary/aromatic N) is 2. The van der Waals surface area contributed by atoms with Crippen LogP contribution in [0, 0.1) is 5.41 Å². The molecule has 2 fully saturated rings. The smallest absolute Gasteiger partial charge is 0.410 e. The zero-order chi connectivity index (χ0) is 18.8. The van der Waals surface area contributed by atoms with E-state index in [0.717, 1.165) is 25.8 Å². The Morgan fingerprint density at radius 3 is 2.27 bits per heavy atom. The number of carbonyl (C=O) groups excluding carboxylic acids is 2. The fourth-order valence-electron chi connectivity index (χ4n) is 3.91. The molecular weight excluding hydrogens is 328 g/mol. The summed E-state index contributed by atoms with van der Waals surface area (Å²) in [6.07, 6.45) is 3.16.